The summed E-state index contributed by atoms with van der Waals surface area (Å²) < 4.78 is 35.9. The number of carbonyl (C=O) groups is 2. The van der Waals surface area contributed by atoms with Gasteiger partial charge in [0.15, 0.2) is 0 Å². The van der Waals surface area contributed by atoms with Gasteiger partial charge in [-0.15, -0.1) is 0 Å². The molecule has 0 atom stereocenters. The van der Waals surface area contributed by atoms with Crippen LogP contribution >= 0.6 is 8.25 Å². The van der Waals surface area contributed by atoms with E-state index in [1.807, 2.05) is 41.5 Å². The minimum Gasteiger partial charge on any atom is -0.444 e. The minimum atomic E-state index is -2.71. The Kier molecular flexibility index (Phi) is 15.0. The molecular formula is C32H63N4O7P. The van der Waals surface area contributed by atoms with Gasteiger partial charge in [0, 0.05) is 49.3 Å². The number of hydrogen-bond donors (Lipinski definition) is 2. The molecule has 0 aromatic rings. The van der Waals surface area contributed by atoms with Crippen molar-refractivity contribution in [3.05, 3.63) is 0 Å². The van der Waals surface area contributed by atoms with Gasteiger partial charge in [0.1, 0.15) is 11.2 Å². The summed E-state index contributed by atoms with van der Waals surface area (Å²) >= 11 is 0. The van der Waals surface area contributed by atoms with Crippen molar-refractivity contribution in [3.8, 4) is 0 Å². The van der Waals surface area contributed by atoms with Gasteiger partial charge in [-0.25, -0.2) is 9.59 Å². The second kappa shape index (κ2) is 17.0. The lowest BCUT2D eigenvalue weighted by Gasteiger charge is -2.47. The second-order valence-electron chi connectivity index (χ2n) is 14.5. The van der Waals surface area contributed by atoms with Crippen LogP contribution in [0.25, 0.3) is 0 Å². The van der Waals surface area contributed by atoms with E-state index < -0.39 is 19.5 Å². The Morgan fingerprint density at radius 3 is 1.18 bits per heavy atom. The molecule has 0 aromatic carbocycles. The number of hydrogen-bond acceptors (Lipinski definition) is 9. The first-order valence-electron chi connectivity index (χ1n) is 16.8. The van der Waals surface area contributed by atoms with E-state index in [4.69, 9.17) is 18.5 Å². The third kappa shape index (κ3) is 12.1. The van der Waals surface area contributed by atoms with Crippen LogP contribution in [0.3, 0.4) is 0 Å². The van der Waals surface area contributed by atoms with Gasteiger partial charge in [0.2, 0.25) is 0 Å². The highest BCUT2D eigenvalue weighted by atomic mass is 31.1. The molecule has 2 fully saturated rings. The first kappa shape index (κ1) is 38.8. The van der Waals surface area contributed by atoms with Crippen molar-refractivity contribution < 1.29 is 32.7 Å². The normalized spacial score (nSPS) is 18.8. The van der Waals surface area contributed by atoms with Crippen LogP contribution in [0, 0.1) is 0 Å². The minimum absolute atomic E-state index is 0.0743. The molecule has 0 radical (unpaired) electrons. The van der Waals surface area contributed by atoms with E-state index in [2.05, 4.69) is 48.1 Å². The molecule has 0 aromatic heterocycles. The zero-order chi connectivity index (χ0) is 33.2. The van der Waals surface area contributed by atoms with Crippen molar-refractivity contribution in [2.75, 3.05) is 39.4 Å². The molecule has 2 aliphatic heterocycles. The number of nitrogens with one attached hydrogen (secondary N) is 2. The van der Waals surface area contributed by atoms with Crippen LogP contribution in [0.2, 0.25) is 0 Å². The molecule has 2 rings (SSSR count). The molecule has 2 aliphatic rings. The first-order chi connectivity index (χ1) is 20.5. The van der Waals surface area contributed by atoms with Crippen molar-refractivity contribution in [2.45, 2.75) is 155 Å². The Balaban J connectivity index is 1.87. The van der Waals surface area contributed by atoms with Crippen LogP contribution in [0.4, 0.5) is 9.59 Å². The van der Waals surface area contributed by atoms with Crippen molar-refractivity contribution >= 4 is 20.4 Å². The van der Waals surface area contributed by atoms with Gasteiger partial charge in [-0.3, -0.25) is 14.4 Å². The standard InChI is InChI=1S/C32H63N4O7P/c1-11-31(12-2,35-19-15-25(16-20-35)33-27(37)42-29(5,6)7)23-40-44(39)41-24-32(13-3,14-4)36-21-17-26(18-22-36)34-28(38)43-30(8,9)10/h25-26,44H,11-24H2,1-10H3,(H,33,37)(H,34,38). The van der Waals surface area contributed by atoms with Crippen LogP contribution in [-0.2, 0) is 23.1 Å². The van der Waals surface area contributed by atoms with Crippen LogP contribution in [0.15, 0.2) is 0 Å². The molecule has 2 heterocycles. The number of nitrogens with zero attached hydrogens (tertiary/aromatic N) is 2. The summed E-state index contributed by atoms with van der Waals surface area (Å²) in [4.78, 5) is 29.3. The summed E-state index contributed by atoms with van der Waals surface area (Å²) in [5.41, 5.74) is -1.52. The molecule has 2 amide bonds. The van der Waals surface area contributed by atoms with Crippen LogP contribution in [0.1, 0.15) is 121 Å². The molecule has 0 aliphatic carbocycles. The predicted octanol–water partition coefficient (Wildman–Crippen LogP) is 6.51. The quantitative estimate of drug-likeness (QED) is 0.204. The fraction of sp³-hybridized carbons (Fsp3) is 0.938. The van der Waals surface area contributed by atoms with E-state index in [1.54, 1.807) is 0 Å². The molecular weight excluding hydrogens is 583 g/mol. The molecule has 0 unspecified atom stereocenters. The average Bonchev–Trinajstić information content (AvgIpc) is 2.94. The van der Waals surface area contributed by atoms with E-state index in [-0.39, 0.29) is 35.3 Å². The monoisotopic (exact) mass is 646 g/mol. The Labute approximate surface area is 267 Å². The third-order valence-electron chi connectivity index (χ3n) is 9.32. The summed E-state index contributed by atoms with van der Waals surface area (Å²) in [5, 5.41) is 6.02. The molecule has 0 bridgehead atoms. The largest absolute Gasteiger partial charge is 0.444 e. The maximum absolute atomic E-state index is 13.1. The number of amides is 2. The first-order valence-corrected chi connectivity index (χ1v) is 18.0. The number of likely N-dealkylation sites (tertiary alicyclic amines) is 2. The second-order valence-corrected chi connectivity index (χ2v) is 15.6. The molecule has 11 nitrogen and oxygen atoms in total. The highest BCUT2D eigenvalue weighted by molar-refractivity contribution is 7.33. The zero-order valence-corrected chi connectivity index (χ0v) is 30.3. The van der Waals surface area contributed by atoms with Crippen molar-refractivity contribution in [3.63, 3.8) is 0 Å². The van der Waals surface area contributed by atoms with Crippen molar-refractivity contribution in [1.82, 2.24) is 20.4 Å². The number of piperidine rings is 2. The fourth-order valence-electron chi connectivity index (χ4n) is 6.36. The van der Waals surface area contributed by atoms with Crippen molar-refractivity contribution in [1.29, 1.82) is 0 Å². The van der Waals surface area contributed by atoms with E-state index in [1.165, 1.54) is 0 Å². The number of alkyl carbamates (subject to hydrolysis) is 2. The SMILES string of the molecule is CCC(CC)(CO[PH](=O)OCC(CC)(CC)N1CCC(NC(=O)OC(C)(C)C)CC1)N1CCC(NC(=O)OC(C)(C)C)CC1. The van der Waals surface area contributed by atoms with Gasteiger partial charge in [-0.1, -0.05) is 27.7 Å². The summed E-state index contributed by atoms with van der Waals surface area (Å²) in [5.74, 6) is 0. The van der Waals surface area contributed by atoms with Gasteiger partial charge >= 0.3 is 20.4 Å². The van der Waals surface area contributed by atoms with E-state index >= 15 is 0 Å². The van der Waals surface area contributed by atoms with E-state index in [0.29, 0.717) is 13.2 Å². The van der Waals surface area contributed by atoms with Crippen molar-refractivity contribution in [2.24, 2.45) is 0 Å². The number of rotatable bonds is 14. The number of carbonyl (C=O) groups excluding carboxylic acids is 2. The molecule has 2 saturated heterocycles. The Morgan fingerprint density at radius 2 is 0.932 bits per heavy atom. The average molecular weight is 647 g/mol. The topological polar surface area (TPSA) is 119 Å². The van der Waals surface area contributed by atoms with E-state index in [9.17, 15) is 14.2 Å². The highest BCUT2D eigenvalue weighted by Gasteiger charge is 2.39. The smallest absolute Gasteiger partial charge is 0.407 e. The third-order valence-corrected chi connectivity index (χ3v) is 10.1. The van der Waals surface area contributed by atoms with Gasteiger partial charge < -0.3 is 29.2 Å². The predicted molar refractivity (Wildman–Crippen MR) is 175 cm³/mol. The molecule has 0 spiro atoms. The Morgan fingerprint density at radius 1 is 0.636 bits per heavy atom. The fourth-order valence-corrected chi connectivity index (χ4v) is 7.21. The summed E-state index contributed by atoms with van der Waals surface area (Å²) in [6.45, 7) is 23.7. The molecule has 12 heteroatoms. The van der Waals surface area contributed by atoms with Gasteiger partial charge in [0.25, 0.3) is 0 Å². The molecule has 258 valence electrons. The summed E-state index contributed by atoms with van der Waals surface area (Å²) in [6.07, 6.45) is 6.02. The lowest BCUT2D eigenvalue weighted by molar-refractivity contribution is -0.00667. The molecule has 2 N–H and O–H groups in total. The maximum Gasteiger partial charge on any atom is 0.407 e. The molecule has 44 heavy (non-hydrogen) atoms. The van der Waals surface area contributed by atoms with Crippen LogP contribution < -0.4 is 10.6 Å². The van der Waals surface area contributed by atoms with Gasteiger partial charge in [-0.2, -0.15) is 0 Å². The van der Waals surface area contributed by atoms with Crippen LogP contribution in [-0.4, -0.2) is 95.7 Å². The van der Waals surface area contributed by atoms with Gasteiger partial charge in [-0.05, 0) is 92.9 Å². The lowest BCUT2D eigenvalue weighted by atomic mass is 9.88. The summed E-state index contributed by atoms with van der Waals surface area (Å²) in [7, 11) is -2.71. The Bertz CT molecular complexity index is 841. The van der Waals surface area contributed by atoms with E-state index in [0.717, 1.165) is 77.5 Å². The van der Waals surface area contributed by atoms with Crippen LogP contribution in [0.5, 0.6) is 0 Å². The molecule has 0 saturated carbocycles. The zero-order valence-electron chi connectivity index (χ0n) is 29.3. The lowest BCUT2D eigenvalue weighted by Crippen LogP contribution is -2.57. The number of ether oxygens (including phenoxy) is 2. The highest BCUT2D eigenvalue weighted by Crippen LogP contribution is 2.36. The maximum atomic E-state index is 13.1. The Hall–Kier alpha value is -1.39. The summed E-state index contributed by atoms with van der Waals surface area (Å²) in [6, 6.07) is 0.149. The van der Waals surface area contributed by atoms with Gasteiger partial charge in [0.05, 0.1) is 13.2 Å².